The van der Waals surface area contributed by atoms with Crippen molar-refractivity contribution in [2.75, 3.05) is 0 Å². The van der Waals surface area contributed by atoms with Gasteiger partial charge in [0.05, 0.1) is 0 Å². The summed E-state index contributed by atoms with van der Waals surface area (Å²) in [4.78, 5) is 0. The van der Waals surface area contributed by atoms with E-state index < -0.39 is 0 Å². The summed E-state index contributed by atoms with van der Waals surface area (Å²) in [5, 5.41) is 0. The molecule has 4 aromatic rings. The Balaban J connectivity index is 0.000000698. The molecule has 50 heavy (non-hydrogen) atoms. The SMILES string of the molecule is CC(C)(C)c1[c-]c2c(cc1)-c1ccc(C(C)(C)C)cc1C2.CCCCc1cc[c-]cc1.CCCCc1cc[c-]cc1.Cl.Cl.[C-]1=CC=CC1.[CH2]=[Zr]. The molecular formula is C47H60Cl2Zr-4. The number of halogens is 2. The number of benzene rings is 4. The van der Waals surface area contributed by atoms with Crippen molar-refractivity contribution in [2.45, 2.75) is 118 Å². The topological polar surface area (TPSA) is 0 Å². The molecule has 0 fully saturated rings. The Labute approximate surface area is 334 Å². The predicted molar refractivity (Wildman–Crippen MR) is 222 cm³/mol. The van der Waals surface area contributed by atoms with Gasteiger partial charge >= 0.3 is 28.4 Å². The monoisotopic (exact) mass is 784 g/mol. The van der Waals surface area contributed by atoms with Gasteiger partial charge < -0.3 is 0 Å². The quantitative estimate of drug-likeness (QED) is 0.150. The van der Waals surface area contributed by atoms with Gasteiger partial charge in [-0.05, 0) is 28.4 Å². The predicted octanol–water partition coefficient (Wildman–Crippen LogP) is 13.4. The third-order valence-electron chi connectivity index (χ3n) is 8.26. The molecule has 0 saturated heterocycles. The van der Waals surface area contributed by atoms with Gasteiger partial charge in [0.25, 0.3) is 0 Å². The van der Waals surface area contributed by atoms with E-state index in [1.165, 1.54) is 107 Å². The van der Waals surface area contributed by atoms with Crippen molar-refractivity contribution < 1.29 is 24.2 Å². The average Bonchev–Trinajstić information content (AvgIpc) is 3.80. The van der Waals surface area contributed by atoms with Gasteiger partial charge in [-0.15, -0.1) is 42.4 Å². The van der Waals surface area contributed by atoms with Gasteiger partial charge in [-0.2, -0.15) is 102 Å². The molecule has 0 spiro atoms. The normalized spacial score (nSPS) is 11.6. The Morgan fingerprint density at radius 3 is 1.60 bits per heavy atom. The molecule has 0 aliphatic heterocycles. The van der Waals surface area contributed by atoms with Crippen LogP contribution in [0.4, 0.5) is 0 Å². The van der Waals surface area contributed by atoms with Crippen molar-refractivity contribution in [2.24, 2.45) is 0 Å². The standard InChI is InChI=1S/C21H25.2C10H13.C5H5.CH2.2ClH.Zr/c1-20(2,3)16-7-9-18-14(12-16)11-15-13-17(21(4,5)6)8-10-19(15)18;2*1-2-3-7-10-8-5-4-6-9-10;1-2-4-5-3-1;;;;/h7-10,12H,11H2,1-6H3;2*5-6,8-9H,2-3,7H2,1H3;1-3H,4H2;1H2;2*1H;/q4*-1;;;;. The van der Waals surface area contributed by atoms with Gasteiger partial charge in [0.1, 0.15) is 0 Å². The van der Waals surface area contributed by atoms with E-state index in [1.54, 1.807) is 0 Å². The van der Waals surface area contributed by atoms with Crippen molar-refractivity contribution in [3.05, 3.63) is 155 Å². The van der Waals surface area contributed by atoms with E-state index in [2.05, 4.69) is 145 Å². The van der Waals surface area contributed by atoms with Gasteiger partial charge in [-0.3, -0.25) is 6.08 Å². The molecule has 0 heterocycles. The van der Waals surface area contributed by atoms with Crippen molar-refractivity contribution in [3.8, 4) is 11.1 Å². The molecule has 3 heteroatoms. The molecule has 0 radical (unpaired) electrons. The molecule has 6 rings (SSSR count). The maximum absolute atomic E-state index is 3.67. The van der Waals surface area contributed by atoms with Crippen molar-refractivity contribution in [3.63, 3.8) is 0 Å². The Kier molecular flexibility index (Phi) is 24.4. The molecule has 0 nitrogen and oxygen atoms in total. The van der Waals surface area contributed by atoms with Gasteiger partial charge in [-0.25, -0.2) is 12.2 Å². The Morgan fingerprint density at radius 2 is 1.20 bits per heavy atom. The van der Waals surface area contributed by atoms with Crippen LogP contribution in [-0.4, -0.2) is 4.21 Å². The van der Waals surface area contributed by atoms with Gasteiger partial charge in [0.2, 0.25) is 0 Å². The number of hydrogen-bond acceptors (Lipinski definition) is 0. The molecule has 0 saturated carbocycles. The summed E-state index contributed by atoms with van der Waals surface area (Å²) >= 11 is 1.30. The summed E-state index contributed by atoms with van der Waals surface area (Å²) in [6, 6.07) is 37.6. The first-order valence-corrected chi connectivity index (χ1v) is 19.4. The van der Waals surface area contributed by atoms with E-state index in [9.17, 15) is 0 Å². The summed E-state index contributed by atoms with van der Waals surface area (Å²) in [6.07, 6.45) is 18.6. The number of rotatable bonds is 6. The van der Waals surface area contributed by atoms with E-state index in [-0.39, 0.29) is 35.6 Å². The zero-order chi connectivity index (χ0) is 35.4. The van der Waals surface area contributed by atoms with Crippen LogP contribution >= 0.6 is 24.8 Å². The first kappa shape index (κ1) is 47.7. The third kappa shape index (κ3) is 17.3. The summed E-state index contributed by atoms with van der Waals surface area (Å²) in [5.41, 5.74) is 11.6. The van der Waals surface area contributed by atoms with Crippen LogP contribution in [0.1, 0.15) is 121 Å². The van der Waals surface area contributed by atoms with Gasteiger partial charge in [0.15, 0.2) is 0 Å². The summed E-state index contributed by atoms with van der Waals surface area (Å²) in [5.74, 6) is 0. The second kappa shape index (κ2) is 25.6. The summed E-state index contributed by atoms with van der Waals surface area (Å²) in [7, 11) is 0. The molecule has 0 atom stereocenters. The summed E-state index contributed by atoms with van der Waals surface area (Å²) in [6.45, 7) is 18.0. The first-order chi connectivity index (χ1) is 23.0. The van der Waals surface area contributed by atoms with E-state index in [0.717, 1.165) is 12.8 Å². The van der Waals surface area contributed by atoms with Crippen LogP contribution in [0.2, 0.25) is 0 Å². The minimum absolute atomic E-state index is 0. The Morgan fingerprint density at radius 1 is 0.680 bits per heavy atom. The van der Waals surface area contributed by atoms with E-state index in [0.29, 0.717) is 0 Å². The van der Waals surface area contributed by atoms with Crippen molar-refractivity contribution >= 4 is 29.0 Å². The molecule has 0 unspecified atom stereocenters. The molecule has 0 bridgehead atoms. The second-order valence-electron chi connectivity index (χ2n) is 14.3. The molecule has 2 aliphatic carbocycles. The molecule has 0 amide bonds. The number of aryl methyl sites for hydroxylation is 2. The molecule has 0 aromatic heterocycles. The van der Waals surface area contributed by atoms with Gasteiger partial charge in [-0.1, -0.05) is 118 Å². The number of allylic oxidation sites excluding steroid dienone is 4. The zero-order valence-electron chi connectivity index (χ0n) is 31.9. The molecular weight excluding hydrogens is 727 g/mol. The van der Waals surface area contributed by atoms with E-state index >= 15 is 0 Å². The fourth-order valence-corrected chi connectivity index (χ4v) is 5.31. The third-order valence-corrected chi connectivity index (χ3v) is 8.26. The minimum atomic E-state index is 0. The van der Waals surface area contributed by atoms with Crippen molar-refractivity contribution in [1.29, 1.82) is 0 Å². The van der Waals surface area contributed by atoms with Crippen LogP contribution in [0.5, 0.6) is 0 Å². The molecule has 2 aliphatic rings. The van der Waals surface area contributed by atoms with Crippen LogP contribution in [0, 0.1) is 24.3 Å². The maximum atomic E-state index is 3.67. The van der Waals surface area contributed by atoms with Gasteiger partial charge in [0, 0.05) is 0 Å². The van der Waals surface area contributed by atoms with Crippen molar-refractivity contribution in [1.82, 2.24) is 0 Å². The number of fused-ring (bicyclic) bond motifs is 3. The van der Waals surface area contributed by atoms with Crippen LogP contribution in [0.3, 0.4) is 0 Å². The Bertz CT molecular complexity index is 1410. The van der Waals surface area contributed by atoms with Crippen LogP contribution in [-0.2, 0) is 54.3 Å². The van der Waals surface area contributed by atoms with E-state index in [1.807, 2.05) is 36.4 Å². The fraction of sp³-hybridized carbons (Fsp3) is 0.383. The van der Waals surface area contributed by atoms with Crippen LogP contribution in [0.25, 0.3) is 11.1 Å². The molecule has 270 valence electrons. The zero-order valence-corrected chi connectivity index (χ0v) is 36.0. The van der Waals surface area contributed by atoms with Crippen LogP contribution < -0.4 is 0 Å². The average molecular weight is 787 g/mol. The van der Waals surface area contributed by atoms with E-state index in [4.69, 9.17) is 0 Å². The first-order valence-electron chi connectivity index (χ1n) is 17.7. The molecule has 0 N–H and O–H groups in total. The number of unbranched alkanes of at least 4 members (excludes halogenated alkanes) is 2. The van der Waals surface area contributed by atoms with Crippen LogP contribution in [0.15, 0.2) is 97.1 Å². The fourth-order valence-electron chi connectivity index (χ4n) is 5.31. The second-order valence-corrected chi connectivity index (χ2v) is 14.3. The Hall–Kier alpha value is -2.31. The molecule has 4 aromatic carbocycles. The number of hydrogen-bond donors (Lipinski definition) is 0. The summed E-state index contributed by atoms with van der Waals surface area (Å²) < 4.78 is 3.34.